The third-order valence-corrected chi connectivity index (χ3v) is 3.65. The third kappa shape index (κ3) is 2.32. The minimum atomic E-state index is -0.714. The second-order valence-electron chi connectivity index (χ2n) is 4.68. The molecular weight excluding hydrogens is 242 g/mol. The number of methoxy groups -OCH3 is 1. The van der Waals surface area contributed by atoms with Crippen molar-refractivity contribution in [2.75, 3.05) is 20.3 Å². The summed E-state index contributed by atoms with van der Waals surface area (Å²) in [6, 6.07) is 5.92. The Labute approximate surface area is 114 Å². The number of carbonyl (C=O) groups is 1. The molecule has 2 rings (SSSR count). The van der Waals surface area contributed by atoms with E-state index in [1.807, 2.05) is 32.0 Å². The maximum absolute atomic E-state index is 12.4. The average Bonchev–Trinajstić information content (AvgIpc) is 2.79. The Bertz CT molecular complexity index is 468. The van der Waals surface area contributed by atoms with Gasteiger partial charge < -0.3 is 9.47 Å². The zero-order valence-corrected chi connectivity index (χ0v) is 11.8. The van der Waals surface area contributed by atoms with Gasteiger partial charge in [0.2, 0.25) is 0 Å². The number of nitrogens with one attached hydrogen (secondary N) is 1. The molecule has 1 aromatic rings. The Kier molecular flexibility index (Phi) is 4.10. The standard InChI is InChI=1S/C15H21NO3/c1-4-16-15(14(17)19-5-2)9-8-11-6-7-12(18-3)10-13(11)15/h6-7,10,16H,4-5,8-9H2,1-3H3. The van der Waals surface area contributed by atoms with Gasteiger partial charge in [-0.3, -0.25) is 5.32 Å². The Morgan fingerprint density at radius 2 is 2.21 bits per heavy atom. The second kappa shape index (κ2) is 5.61. The normalized spacial score (nSPS) is 21.0. The van der Waals surface area contributed by atoms with Crippen molar-refractivity contribution in [2.45, 2.75) is 32.2 Å². The Morgan fingerprint density at radius 1 is 1.42 bits per heavy atom. The Hall–Kier alpha value is -1.55. The van der Waals surface area contributed by atoms with E-state index in [0.717, 1.165) is 30.7 Å². The summed E-state index contributed by atoms with van der Waals surface area (Å²) in [5, 5.41) is 3.32. The van der Waals surface area contributed by atoms with Crippen molar-refractivity contribution in [3.63, 3.8) is 0 Å². The molecule has 4 heteroatoms. The quantitative estimate of drug-likeness (QED) is 0.826. The van der Waals surface area contributed by atoms with Gasteiger partial charge in [-0.1, -0.05) is 13.0 Å². The zero-order chi connectivity index (χ0) is 13.9. The predicted octanol–water partition coefficient (Wildman–Crippen LogP) is 2.01. The number of carbonyl (C=O) groups excluding carboxylic acids is 1. The Morgan fingerprint density at radius 3 is 2.84 bits per heavy atom. The third-order valence-electron chi connectivity index (χ3n) is 3.65. The Balaban J connectivity index is 2.45. The second-order valence-corrected chi connectivity index (χ2v) is 4.68. The van der Waals surface area contributed by atoms with Crippen LogP contribution in [0.1, 0.15) is 31.4 Å². The van der Waals surface area contributed by atoms with Gasteiger partial charge in [0.1, 0.15) is 11.3 Å². The fraction of sp³-hybridized carbons (Fsp3) is 0.533. The van der Waals surface area contributed by atoms with Gasteiger partial charge in [0.05, 0.1) is 13.7 Å². The van der Waals surface area contributed by atoms with E-state index in [1.165, 1.54) is 5.56 Å². The first-order valence-electron chi connectivity index (χ1n) is 6.77. The largest absolute Gasteiger partial charge is 0.497 e. The van der Waals surface area contributed by atoms with Crippen LogP contribution in [0.5, 0.6) is 5.75 Å². The lowest BCUT2D eigenvalue weighted by molar-refractivity contribution is -0.151. The first-order valence-corrected chi connectivity index (χ1v) is 6.77. The molecule has 0 heterocycles. The van der Waals surface area contributed by atoms with Crippen LogP contribution in [-0.2, 0) is 21.5 Å². The molecular formula is C15H21NO3. The number of esters is 1. The number of fused-ring (bicyclic) bond motifs is 1. The topological polar surface area (TPSA) is 47.6 Å². The molecule has 0 aromatic heterocycles. The molecule has 0 aliphatic heterocycles. The average molecular weight is 263 g/mol. The lowest BCUT2D eigenvalue weighted by atomic mass is 9.91. The molecule has 104 valence electrons. The van der Waals surface area contributed by atoms with Crippen LogP contribution < -0.4 is 10.1 Å². The van der Waals surface area contributed by atoms with Crippen LogP contribution in [0.15, 0.2) is 18.2 Å². The fourth-order valence-corrected chi connectivity index (χ4v) is 2.78. The van der Waals surface area contributed by atoms with Crippen LogP contribution in [-0.4, -0.2) is 26.2 Å². The van der Waals surface area contributed by atoms with Crippen LogP contribution in [0.2, 0.25) is 0 Å². The fourth-order valence-electron chi connectivity index (χ4n) is 2.78. The molecule has 0 spiro atoms. The SMILES string of the molecule is CCNC1(C(=O)OCC)CCc2ccc(OC)cc21. The zero-order valence-electron chi connectivity index (χ0n) is 11.8. The lowest BCUT2D eigenvalue weighted by Gasteiger charge is -2.29. The monoisotopic (exact) mass is 263 g/mol. The summed E-state index contributed by atoms with van der Waals surface area (Å²) in [6.45, 7) is 4.94. The van der Waals surface area contributed by atoms with E-state index in [4.69, 9.17) is 9.47 Å². The van der Waals surface area contributed by atoms with Gasteiger partial charge in [0, 0.05) is 0 Å². The molecule has 0 fully saturated rings. The number of aryl methyl sites for hydroxylation is 1. The maximum Gasteiger partial charge on any atom is 0.331 e. The van der Waals surface area contributed by atoms with Crippen molar-refractivity contribution >= 4 is 5.97 Å². The van der Waals surface area contributed by atoms with E-state index >= 15 is 0 Å². The lowest BCUT2D eigenvalue weighted by Crippen LogP contribution is -2.48. The summed E-state index contributed by atoms with van der Waals surface area (Å²) in [6.07, 6.45) is 1.62. The van der Waals surface area contributed by atoms with Gasteiger partial charge in [-0.15, -0.1) is 0 Å². The van der Waals surface area contributed by atoms with Crippen LogP contribution in [0, 0.1) is 0 Å². The molecule has 0 radical (unpaired) electrons. The summed E-state index contributed by atoms with van der Waals surface area (Å²) in [5.41, 5.74) is 1.47. The molecule has 1 aromatic carbocycles. The molecule has 4 nitrogen and oxygen atoms in total. The summed E-state index contributed by atoms with van der Waals surface area (Å²) >= 11 is 0. The van der Waals surface area contributed by atoms with Crippen LogP contribution >= 0.6 is 0 Å². The van der Waals surface area contributed by atoms with Crippen molar-refractivity contribution in [1.29, 1.82) is 0 Å². The highest BCUT2D eigenvalue weighted by Gasteiger charge is 2.46. The molecule has 0 amide bonds. The highest BCUT2D eigenvalue weighted by Crippen LogP contribution is 2.39. The van der Waals surface area contributed by atoms with Gasteiger partial charge in [-0.2, -0.15) is 0 Å². The number of rotatable bonds is 5. The summed E-state index contributed by atoms with van der Waals surface area (Å²) in [7, 11) is 1.63. The highest BCUT2D eigenvalue weighted by molar-refractivity contribution is 5.84. The van der Waals surface area contributed by atoms with Crippen LogP contribution in [0.25, 0.3) is 0 Å². The van der Waals surface area contributed by atoms with Gasteiger partial charge >= 0.3 is 5.97 Å². The molecule has 1 atom stereocenters. The van der Waals surface area contributed by atoms with E-state index in [2.05, 4.69) is 5.32 Å². The minimum Gasteiger partial charge on any atom is -0.497 e. The summed E-state index contributed by atoms with van der Waals surface area (Å²) < 4.78 is 10.5. The molecule has 19 heavy (non-hydrogen) atoms. The number of likely N-dealkylation sites (N-methyl/N-ethyl adjacent to an activating group) is 1. The molecule has 0 saturated carbocycles. The highest BCUT2D eigenvalue weighted by atomic mass is 16.5. The first kappa shape index (κ1) is 13.9. The smallest absolute Gasteiger partial charge is 0.331 e. The van der Waals surface area contributed by atoms with Gasteiger partial charge in [0.25, 0.3) is 0 Å². The van der Waals surface area contributed by atoms with E-state index in [-0.39, 0.29) is 5.97 Å². The van der Waals surface area contributed by atoms with Gasteiger partial charge in [-0.25, -0.2) is 4.79 Å². The number of hydrogen-bond acceptors (Lipinski definition) is 4. The van der Waals surface area contributed by atoms with Crippen molar-refractivity contribution in [3.05, 3.63) is 29.3 Å². The molecule has 1 N–H and O–H groups in total. The molecule has 1 aliphatic rings. The van der Waals surface area contributed by atoms with E-state index < -0.39 is 5.54 Å². The minimum absolute atomic E-state index is 0.191. The van der Waals surface area contributed by atoms with Gasteiger partial charge in [0.15, 0.2) is 0 Å². The maximum atomic E-state index is 12.4. The molecule has 1 aliphatic carbocycles. The molecule has 0 saturated heterocycles. The van der Waals surface area contributed by atoms with Crippen molar-refractivity contribution in [3.8, 4) is 5.75 Å². The predicted molar refractivity (Wildman–Crippen MR) is 73.3 cm³/mol. The molecule has 0 bridgehead atoms. The van der Waals surface area contributed by atoms with Crippen molar-refractivity contribution < 1.29 is 14.3 Å². The van der Waals surface area contributed by atoms with Crippen molar-refractivity contribution in [1.82, 2.24) is 5.32 Å². The van der Waals surface area contributed by atoms with Crippen LogP contribution in [0.3, 0.4) is 0 Å². The number of benzene rings is 1. The summed E-state index contributed by atoms with van der Waals surface area (Å²) in [5.74, 6) is 0.580. The molecule has 1 unspecified atom stereocenters. The van der Waals surface area contributed by atoms with E-state index in [0.29, 0.717) is 6.61 Å². The van der Waals surface area contributed by atoms with Gasteiger partial charge in [-0.05, 0) is 49.6 Å². The first-order chi connectivity index (χ1) is 9.17. The number of hydrogen-bond donors (Lipinski definition) is 1. The number of ether oxygens (including phenoxy) is 2. The summed E-state index contributed by atoms with van der Waals surface area (Å²) in [4.78, 5) is 12.4. The van der Waals surface area contributed by atoms with E-state index in [1.54, 1.807) is 7.11 Å². The van der Waals surface area contributed by atoms with E-state index in [9.17, 15) is 4.79 Å². The van der Waals surface area contributed by atoms with Crippen molar-refractivity contribution in [2.24, 2.45) is 0 Å². The van der Waals surface area contributed by atoms with Crippen LogP contribution in [0.4, 0.5) is 0 Å².